The Morgan fingerprint density at radius 2 is 1.04 bits per heavy atom. The molecule has 51 heavy (non-hydrogen) atoms. The Morgan fingerprint density at radius 3 is 1.86 bits per heavy atom. The third-order valence-electron chi connectivity index (χ3n) is 9.85. The van der Waals surface area contributed by atoms with Gasteiger partial charge < -0.3 is 8.98 Å². The monoisotopic (exact) mass is 670 g/mol. The highest BCUT2D eigenvalue weighted by Gasteiger charge is 2.20. The summed E-state index contributed by atoms with van der Waals surface area (Å²) in [5.74, 6) is 1.86. The van der Waals surface area contributed by atoms with E-state index in [1.54, 1.807) is 11.3 Å². The second-order valence-corrected chi connectivity index (χ2v) is 13.9. The lowest BCUT2D eigenvalue weighted by molar-refractivity contribution is 0.671. The van der Waals surface area contributed by atoms with Gasteiger partial charge in [0.1, 0.15) is 5.58 Å². The van der Waals surface area contributed by atoms with Gasteiger partial charge in [0.15, 0.2) is 23.1 Å². The molecule has 6 heteroatoms. The van der Waals surface area contributed by atoms with Crippen LogP contribution in [-0.4, -0.2) is 19.5 Å². The van der Waals surface area contributed by atoms with Gasteiger partial charge in [0.2, 0.25) is 0 Å². The number of benzene rings is 7. The first-order chi connectivity index (χ1) is 25.3. The molecule has 0 saturated heterocycles. The van der Waals surface area contributed by atoms with Crippen LogP contribution in [0.15, 0.2) is 162 Å². The number of fused-ring (bicyclic) bond motifs is 10. The van der Waals surface area contributed by atoms with E-state index in [1.165, 1.54) is 25.6 Å². The highest BCUT2D eigenvalue weighted by molar-refractivity contribution is 7.25. The highest BCUT2D eigenvalue weighted by Crippen LogP contribution is 2.41. The van der Waals surface area contributed by atoms with Gasteiger partial charge in [-0.05, 0) is 60.7 Å². The fourth-order valence-electron chi connectivity index (χ4n) is 7.48. The molecule has 5 nitrogen and oxygen atoms in total. The van der Waals surface area contributed by atoms with Gasteiger partial charge in [-0.15, -0.1) is 11.3 Å². The summed E-state index contributed by atoms with van der Waals surface area (Å²) >= 11 is 1.80. The number of para-hydroxylation sites is 2. The molecule has 7 aromatic carbocycles. The Kier molecular flexibility index (Phi) is 6.05. The Balaban J connectivity index is 1.12. The normalized spacial score (nSPS) is 11.9. The van der Waals surface area contributed by atoms with Gasteiger partial charge in [-0.3, -0.25) is 0 Å². The van der Waals surface area contributed by atoms with E-state index in [0.717, 1.165) is 60.7 Å². The van der Waals surface area contributed by atoms with E-state index in [9.17, 15) is 0 Å². The second-order valence-electron chi connectivity index (χ2n) is 12.8. The molecular weight excluding hydrogens is 645 g/mol. The minimum Gasteiger partial charge on any atom is -0.454 e. The molecule has 0 aliphatic rings. The molecular formula is C45H26N4OS. The zero-order valence-electron chi connectivity index (χ0n) is 27.1. The van der Waals surface area contributed by atoms with Crippen LogP contribution in [-0.2, 0) is 0 Å². The van der Waals surface area contributed by atoms with Crippen molar-refractivity contribution in [2.45, 2.75) is 0 Å². The van der Waals surface area contributed by atoms with E-state index in [4.69, 9.17) is 19.4 Å². The summed E-state index contributed by atoms with van der Waals surface area (Å²) in [6.45, 7) is 0. The Hall–Kier alpha value is -6.63. The van der Waals surface area contributed by atoms with Crippen molar-refractivity contribution in [3.63, 3.8) is 0 Å². The van der Waals surface area contributed by atoms with E-state index in [1.807, 2.05) is 36.4 Å². The van der Waals surface area contributed by atoms with Crippen LogP contribution in [0.4, 0.5) is 0 Å². The molecule has 0 fully saturated rings. The van der Waals surface area contributed by atoms with E-state index in [-0.39, 0.29) is 0 Å². The maximum atomic E-state index is 6.84. The van der Waals surface area contributed by atoms with Crippen LogP contribution in [0.1, 0.15) is 0 Å². The third kappa shape index (κ3) is 4.37. The van der Waals surface area contributed by atoms with Crippen LogP contribution in [0.5, 0.6) is 0 Å². The van der Waals surface area contributed by atoms with Crippen LogP contribution in [0, 0.1) is 0 Å². The molecule has 0 N–H and O–H groups in total. The molecule has 11 rings (SSSR count). The van der Waals surface area contributed by atoms with E-state index < -0.39 is 0 Å². The Bertz CT molecular complexity index is 3140. The van der Waals surface area contributed by atoms with Crippen molar-refractivity contribution in [1.82, 2.24) is 19.5 Å². The van der Waals surface area contributed by atoms with Crippen LogP contribution < -0.4 is 0 Å². The van der Waals surface area contributed by atoms with Gasteiger partial charge in [0.25, 0.3) is 0 Å². The molecule has 0 aliphatic heterocycles. The second kappa shape index (κ2) is 10.9. The molecule has 0 amide bonds. The fraction of sp³-hybridized carbons (Fsp3) is 0. The number of thiophene rings is 1. The number of aromatic nitrogens is 4. The molecule has 0 aliphatic carbocycles. The predicted octanol–water partition coefficient (Wildman–Crippen LogP) is 12.2. The number of hydrogen-bond donors (Lipinski definition) is 0. The summed E-state index contributed by atoms with van der Waals surface area (Å²) in [7, 11) is 0. The molecule has 0 bridgehead atoms. The van der Waals surface area contributed by atoms with E-state index >= 15 is 0 Å². The molecule has 11 aromatic rings. The summed E-state index contributed by atoms with van der Waals surface area (Å²) < 4.78 is 11.7. The van der Waals surface area contributed by atoms with Crippen molar-refractivity contribution >= 4 is 75.3 Å². The zero-order valence-corrected chi connectivity index (χ0v) is 27.9. The van der Waals surface area contributed by atoms with Crippen molar-refractivity contribution < 1.29 is 4.42 Å². The van der Waals surface area contributed by atoms with Crippen molar-refractivity contribution in [3.8, 4) is 39.9 Å². The standard InChI is InChI=1S/C45H26N4OS/c1-3-11-27(12-4-1)43-46-44(28-20-24-40-36(25-28)33-16-8-10-18-39(33)51-40)48-45(47-43)29-19-21-32-35-23-22-34-31-15-7-9-17-37(31)49(30-13-5-2-6-14-30)41(34)42(35)50-38(32)26-29/h1-26H. The summed E-state index contributed by atoms with van der Waals surface area (Å²) in [5.41, 5.74) is 7.70. The molecule has 0 radical (unpaired) electrons. The summed E-state index contributed by atoms with van der Waals surface area (Å²) in [4.78, 5) is 15.1. The van der Waals surface area contributed by atoms with Gasteiger partial charge in [-0.25, -0.2) is 15.0 Å². The molecule has 0 unspecified atom stereocenters. The number of rotatable bonds is 4. The first-order valence-corrected chi connectivity index (χ1v) is 17.8. The minimum absolute atomic E-state index is 0.597. The minimum atomic E-state index is 0.597. The van der Waals surface area contributed by atoms with Crippen molar-refractivity contribution in [2.75, 3.05) is 0 Å². The van der Waals surface area contributed by atoms with Crippen molar-refractivity contribution in [3.05, 3.63) is 158 Å². The first-order valence-electron chi connectivity index (χ1n) is 16.9. The van der Waals surface area contributed by atoms with Gasteiger partial charge >= 0.3 is 0 Å². The molecule has 238 valence electrons. The number of furan rings is 1. The van der Waals surface area contributed by atoms with E-state index in [2.05, 4.69) is 126 Å². The quantitative estimate of drug-likeness (QED) is 0.187. The van der Waals surface area contributed by atoms with Gasteiger partial charge in [0.05, 0.1) is 11.0 Å². The van der Waals surface area contributed by atoms with Crippen LogP contribution in [0.3, 0.4) is 0 Å². The molecule has 0 saturated carbocycles. The molecule has 0 spiro atoms. The molecule has 4 heterocycles. The van der Waals surface area contributed by atoms with Crippen LogP contribution in [0.25, 0.3) is 104 Å². The summed E-state index contributed by atoms with van der Waals surface area (Å²) in [6, 6.07) is 54.9. The zero-order chi connectivity index (χ0) is 33.5. The van der Waals surface area contributed by atoms with Crippen molar-refractivity contribution in [2.24, 2.45) is 0 Å². The fourth-order valence-corrected chi connectivity index (χ4v) is 8.57. The lowest BCUT2D eigenvalue weighted by atomic mass is 10.1. The van der Waals surface area contributed by atoms with Crippen molar-refractivity contribution in [1.29, 1.82) is 0 Å². The van der Waals surface area contributed by atoms with Gasteiger partial charge in [-0.1, -0.05) is 97.1 Å². The van der Waals surface area contributed by atoms with Gasteiger partial charge in [0, 0.05) is 64.1 Å². The van der Waals surface area contributed by atoms with Crippen LogP contribution >= 0.6 is 11.3 Å². The smallest absolute Gasteiger partial charge is 0.164 e. The number of nitrogens with zero attached hydrogens (tertiary/aromatic N) is 4. The predicted molar refractivity (Wildman–Crippen MR) is 211 cm³/mol. The van der Waals surface area contributed by atoms with Gasteiger partial charge in [-0.2, -0.15) is 0 Å². The van der Waals surface area contributed by atoms with Crippen LogP contribution in [0.2, 0.25) is 0 Å². The SMILES string of the molecule is c1ccc(-c2nc(-c3ccc4c(c3)oc3c4ccc4c5ccccc5n(-c5ccccc5)c43)nc(-c3ccc4sc5ccccc5c4c3)n2)cc1. The maximum absolute atomic E-state index is 6.84. The van der Waals surface area contributed by atoms with E-state index in [0.29, 0.717) is 17.5 Å². The summed E-state index contributed by atoms with van der Waals surface area (Å²) in [6.07, 6.45) is 0. The number of hydrogen-bond acceptors (Lipinski definition) is 5. The highest BCUT2D eigenvalue weighted by atomic mass is 32.1. The summed E-state index contributed by atoms with van der Waals surface area (Å²) in [5, 5.41) is 6.92. The Labute approximate surface area is 295 Å². The Morgan fingerprint density at radius 1 is 0.431 bits per heavy atom. The maximum Gasteiger partial charge on any atom is 0.164 e. The largest absolute Gasteiger partial charge is 0.454 e. The third-order valence-corrected chi connectivity index (χ3v) is 11.0. The lowest BCUT2D eigenvalue weighted by Gasteiger charge is -2.08. The molecule has 4 aromatic heterocycles. The average Bonchev–Trinajstić information content (AvgIpc) is 3.87. The first kappa shape index (κ1) is 28.2. The average molecular weight is 671 g/mol. The topological polar surface area (TPSA) is 56.7 Å². The lowest BCUT2D eigenvalue weighted by Crippen LogP contribution is -2.00. The molecule has 0 atom stereocenters.